The molecule has 2 aromatic heterocycles. The number of halogens is 2. The van der Waals surface area contributed by atoms with Crippen molar-refractivity contribution < 1.29 is 22.9 Å². The van der Waals surface area contributed by atoms with Gasteiger partial charge in [-0.15, -0.1) is 11.3 Å². The van der Waals surface area contributed by atoms with Crippen LogP contribution in [0.3, 0.4) is 0 Å². The van der Waals surface area contributed by atoms with Crippen molar-refractivity contribution in [3.63, 3.8) is 0 Å². The zero-order chi connectivity index (χ0) is 28.2. The summed E-state index contributed by atoms with van der Waals surface area (Å²) < 4.78 is 43.3. The van der Waals surface area contributed by atoms with Gasteiger partial charge in [-0.05, 0) is 67.8 Å². The molecule has 0 amide bonds. The SMILES string of the molecule is CC(=O)OCCc1ccccc1OCc1cc(-c2ccnc(CNS(=O)C(C)(C)C)c2F)c2cc(Cl)sc2c1. The highest BCUT2D eigenvalue weighted by atomic mass is 35.5. The third-order valence-electron chi connectivity index (χ3n) is 5.89. The average molecular weight is 589 g/mol. The van der Waals surface area contributed by atoms with Crippen LogP contribution in [0.5, 0.6) is 5.75 Å². The maximum absolute atomic E-state index is 15.8. The minimum absolute atomic E-state index is 0.0318. The van der Waals surface area contributed by atoms with Crippen molar-refractivity contribution in [3.05, 3.63) is 81.7 Å². The van der Waals surface area contributed by atoms with Crippen molar-refractivity contribution >= 4 is 50.0 Å². The molecule has 0 fully saturated rings. The summed E-state index contributed by atoms with van der Waals surface area (Å²) in [6, 6.07) is 14.9. The Morgan fingerprint density at radius 3 is 2.67 bits per heavy atom. The van der Waals surface area contributed by atoms with Crippen LogP contribution in [0, 0.1) is 5.82 Å². The Morgan fingerprint density at radius 2 is 1.92 bits per heavy atom. The molecule has 39 heavy (non-hydrogen) atoms. The van der Waals surface area contributed by atoms with E-state index in [2.05, 4.69) is 9.71 Å². The third-order valence-corrected chi connectivity index (χ3v) is 8.62. The zero-order valence-electron chi connectivity index (χ0n) is 22.2. The van der Waals surface area contributed by atoms with E-state index in [1.165, 1.54) is 18.3 Å². The summed E-state index contributed by atoms with van der Waals surface area (Å²) in [6.45, 7) is 7.46. The molecule has 2 heterocycles. The monoisotopic (exact) mass is 588 g/mol. The molecular formula is C29H30ClFN2O4S2. The molecule has 4 aromatic rings. The predicted molar refractivity (Wildman–Crippen MR) is 156 cm³/mol. The molecule has 2 aromatic carbocycles. The molecule has 1 unspecified atom stereocenters. The zero-order valence-corrected chi connectivity index (χ0v) is 24.6. The van der Waals surface area contributed by atoms with E-state index in [-0.39, 0.29) is 31.4 Å². The molecule has 0 aliphatic rings. The molecule has 0 radical (unpaired) electrons. The summed E-state index contributed by atoms with van der Waals surface area (Å²) in [6.07, 6.45) is 2.08. The van der Waals surface area contributed by atoms with E-state index in [0.717, 1.165) is 21.2 Å². The minimum atomic E-state index is -1.36. The van der Waals surface area contributed by atoms with Gasteiger partial charge in [-0.1, -0.05) is 29.8 Å². The summed E-state index contributed by atoms with van der Waals surface area (Å²) in [7, 11) is -1.36. The van der Waals surface area contributed by atoms with Gasteiger partial charge in [0.1, 0.15) is 12.4 Å². The number of aromatic nitrogens is 1. The lowest BCUT2D eigenvalue weighted by Crippen LogP contribution is -2.33. The topological polar surface area (TPSA) is 77.5 Å². The molecule has 10 heteroatoms. The van der Waals surface area contributed by atoms with Gasteiger partial charge in [0.2, 0.25) is 0 Å². The lowest BCUT2D eigenvalue weighted by molar-refractivity contribution is -0.140. The van der Waals surface area contributed by atoms with Crippen LogP contribution in [0.25, 0.3) is 21.2 Å². The molecule has 0 bridgehead atoms. The Hall–Kier alpha value is -2.85. The fourth-order valence-electron chi connectivity index (χ4n) is 3.96. The Bertz CT molecular complexity index is 1520. The molecule has 6 nitrogen and oxygen atoms in total. The van der Waals surface area contributed by atoms with Gasteiger partial charge in [0.05, 0.1) is 38.9 Å². The van der Waals surface area contributed by atoms with E-state index < -0.39 is 21.5 Å². The number of benzene rings is 2. The molecular weight excluding hydrogens is 559 g/mol. The van der Waals surface area contributed by atoms with Crippen molar-refractivity contribution in [2.24, 2.45) is 0 Å². The first kappa shape index (κ1) is 29.1. The Labute approximate surface area is 239 Å². The second kappa shape index (κ2) is 12.6. The lowest BCUT2D eigenvalue weighted by atomic mass is 9.99. The van der Waals surface area contributed by atoms with Crippen LogP contribution in [-0.4, -0.2) is 26.5 Å². The average Bonchev–Trinajstić information content (AvgIpc) is 3.26. The molecule has 0 aliphatic carbocycles. The van der Waals surface area contributed by atoms with Crippen LogP contribution in [0.15, 0.2) is 54.7 Å². The smallest absolute Gasteiger partial charge is 0.302 e. The fraction of sp³-hybridized carbons (Fsp3) is 0.310. The van der Waals surface area contributed by atoms with E-state index in [1.807, 2.05) is 63.2 Å². The summed E-state index contributed by atoms with van der Waals surface area (Å²) in [4.78, 5) is 15.3. The van der Waals surface area contributed by atoms with Crippen molar-refractivity contribution in [3.8, 4) is 16.9 Å². The maximum Gasteiger partial charge on any atom is 0.302 e. The predicted octanol–water partition coefficient (Wildman–Crippen LogP) is 6.99. The number of pyridine rings is 1. The van der Waals surface area contributed by atoms with E-state index in [0.29, 0.717) is 27.6 Å². The van der Waals surface area contributed by atoms with E-state index in [4.69, 9.17) is 21.1 Å². The van der Waals surface area contributed by atoms with Crippen molar-refractivity contribution in [2.75, 3.05) is 6.61 Å². The number of carbonyl (C=O) groups is 1. The van der Waals surface area contributed by atoms with Gasteiger partial charge in [0, 0.05) is 35.2 Å². The number of ether oxygens (including phenoxy) is 2. The highest BCUT2D eigenvalue weighted by Gasteiger charge is 2.21. The van der Waals surface area contributed by atoms with Crippen molar-refractivity contribution in [2.45, 2.75) is 52.0 Å². The molecule has 0 aliphatic heterocycles. The van der Waals surface area contributed by atoms with Gasteiger partial charge in [-0.25, -0.2) is 13.3 Å². The quantitative estimate of drug-likeness (QED) is 0.202. The first-order chi connectivity index (χ1) is 18.5. The highest BCUT2D eigenvalue weighted by molar-refractivity contribution is 7.84. The number of thiophene rings is 1. The first-order valence-electron chi connectivity index (χ1n) is 12.4. The first-order valence-corrected chi connectivity index (χ1v) is 14.7. The Balaban J connectivity index is 1.62. The van der Waals surface area contributed by atoms with Gasteiger partial charge in [0.25, 0.3) is 0 Å². The highest BCUT2D eigenvalue weighted by Crippen LogP contribution is 2.39. The van der Waals surface area contributed by atoms with Crippen molar-refractivity contribution in [1.82, 2.24) is 9.71 Å². The second-order valence-electron chi connectivity index (χ2n) is 9.91. The Morgan fingerprint density at radius 1 is 1.15 bits per heavy atom. The summed E-state index contributed by atoms with van der Waals surface area (Å²) in [5, 5.41) is 0.831. The van der Waals surface area contributed by atoms with Crippen LogP contribution < -0.4 is 9.46 Å². The Kier molecular flexibility index (Phi) is 9.38. The molecule has 0 saturated carbocycles. The molecule has 1 atom stereocenters. The number of esters is 1. The number of carbonyl (C=O) groups excluding carboxylic acids is 1. The maximum atomic E-state index is 15.8. The number of hydrogen-bond acceptors (Lipinski definition) is 6. The number of fused-ring (bicyclic) bond motifs is 1. The van der Waals surface area contributed by atoms with Gasteiger partial charge in [0.15, 0.2) is 5.82 Å². The van der Waals surface area contributed by atoms with Crippen LogP contribution >= 0.6 is 22.9 Å². The number of nitrogens with zero attached hydrogens (tertiary/aromatic N) is 1. The second-order valence-corrected chi connectivity index (χ2v) is 13.7. The normalized spacial score (nSPS) is 12.5. The van der Waals surface area contributed by atoms with Crippen LogP contribution in [0.2, 0.25) is 4.34 Å². The molecule has 1 N–H and O–H groups in total. The van der Waals surface area contributed by atoms with Crippen LogP contribution in [-0.2, 0) is 40.1 Å². The van der Waals surface area contributed by atoms with E-state index in [9.17, 15) is 9.00 Å². The van der Waals surface area contributed by atoms with Crippen LogP contribution in [0.1, 0.15) is 44.5 Å². The third kappa shape index (κ3) is 7.42. The minimum Gasteiger partial charge on any atom is -0.489 e. The summed E-state index contributed by atoms with van der Waals surface area (Å²) >= 11 is 7.77. The number of para-hydroxylation sites is 1. The molecule has 0 spiro atoms. The lowest BCUT2D eigenvalue weighted by Gasteiger charge is -2.18. The number of hydrogen-bond donors (Lipinski definition) is 1. The standard InChI is InChI=1S/C29H30ClFN2O4S2/c1-18(34)36-12-10-20-7-5-6-8-25(20)37-17-19-13-22(23-15-27(30)38-26(23)14-19)21-9-11-32-24(28(21)31)16-33-39(35)29(2,3)4/h5-9,11,13-15,33H,10,12,16-17H2,1-4H3. The molecule has 206 valence electrons. The summed E-state index contributed by atoms with van der Waals surface area (Å²) in [5.41, 5.74) is 3.00. The molecule has 4 rings (SSSR count). The number of rotatable bonds is 10. The molecule has 0 saturated heterocycles. The van der Waals surface area contributed by atoms with Crippen molar-refractivity contribution in [1.29, 1.82) is 0 Å². The number of nitrogens with one attached hydrogen (secondary N) is 1. The largest absolute Gasteiger partial charge is 0.489 e. The van der Waals surface area contributed by atoms with E-state index >= 15 is 4.39 Å². The van der Waals surface area contributed by atoms with Gasteiger partial charge in [-0.2, -0.15) is 0 Å². The van der Waals surface area contributed by atoms with Gasteiger partial charge in [-0.3, -0.25) is 9.78 Å². The van der Waals surface area contributed by atoms with E-state index in [1.54, 1.807) is 12.3 Å². The summed E-state index contributed by atoms with van der Waals surface area (Å²) in [5.74, 6) is -0.118. The van der Waals surface area contributed by atoms with Gasteiger partial charge < -0.3 is 9.47 Å². The van der Waals surface area contributed by atoms with Gasteiger partial charge >= 0.3 is 5.97 Å². The van der Waals surface area contributed by atoms with Crippen LogP contribution in [0.4, 0.5) is 4.39 Å². The fourth-order valence-corrected chi connectivity index (χ4v) is 5.89.